The maximum Gasteiger partial charge on any atom is 0.261 e. The largest absolute Gasteiger partial charge is 0.339 e. The fourth-order valence-corrected chi connectivity index (χ4v) is 4.07. The van der Waals surface area contributed by atoms with Crippen LogP contribution in [0.2, 0.25) is 0 Å². The predicted octanol–water partition coefficient (Wildman–Crippen LogP) is 1.98. The molecule has 2 heterocycles. The molecule has 2 aliphatic heterocycles. The normalized spacial score (nSPS) is 15.9. The summed E-state index contributed by atoms with van der Waals surface area (Å²) in [5.74, 6) is -0.695. The van der Waals surface area contributed by atoms with Gasteiger partial charge in [0.2, 0.25) is 11.8 Å². The van der Waals surface area contributed by atoms with Crippen LogP contribution in [0.4, 0.5) is 0 Å². The molecule has 1 saturated heterocycles. The Kier molecular flexibility index (Phi) is 6.11. The molecular weight excluding hydrogens is 394 g/mol. The molecule has 0 bridgehead atoms. The van der Waals surface area contributed by atoms with Gasteiger partial charge < -0.3 is 9.80 Å². The average molecular weight is 419 g/mol. The van der Waals surface area contributed by atoms with Gasteiger partial charge in [-0.3, -0.25) is 24.1 Å². The van der Waals surface area contributed by atoms with Gasteiger partial charge in [0, 0.05) is 45.6 Å². The number of piperazine rings is 1. The maximum absolute atomic E-state index is 12.6. The quantitative estimate of drug-likeness (QED) is 0.671. The van der Waals surface area contributed by atoms with Gasteiger partial charge in [-0.15, -0.1) is 0 Å². The third kappa shape index (κ3) is 4.50. The second-order valence-corrected chi connectivity index (χ2v) is 7.80. The van der Waals surface area contributed by atoms with Crippen molar-refractivity contribution in [2.75, 3.05) is 32.7 Å². The number of aryl methyl sites for hydroxylation is 1. The van der Waals surface area contributed by atoms with Crippen LogP contribution in [-0.2, 0) is 16.0 Å². The molecule has 0 atom stereocenters. The van der Waals surface area contributed by atoms with E-state index in [1.165, 1.54) is 0 Å². The van der Waals surface area contributed by atoms with Crippen molar-refractivity contribution < 1.29 is 19.2 Å². The Morgan fingerprint density at radius 3 is 1.71 bits per heavy atom. The fourth-order valence-electron chi connectivity index (χ4n) is 4.07. The van der Waals surface area contributed by atoms with Gasteiger partial charge in [0.05, 0.1) is 11.1 Å². The Balaban J connectivity index is 1.22. The monoisotopic (exact) mass is 419 g/mol. The lowest BCUT2D eigenvalue weighted by molar-refractivity contribution is -0.139. The number of hydrogen-bond donors (Lipinski definition) is 0. The SMILES string of the molecule is O=C(CCc1ccccc1)N1CCN(C(=O)CCN2C(=O)c3ccccc3C2=O)CC1. The summed E-state index contributed by atoms with van der Waals surface area (Å²) in [6.45, 7) is 2.02. The Morgan fingerprint density at radius 2 is 1.16 bits per heavy atom. The molecular formula is C24H25N3O4. The third-order valence-corrected chi connectivity index (χ3v) is 5.88. The van der Waals surface area contributed by atoms with Crippen molar-refractivity contribution in [2.45, 2.75) is 19.3 Å². The van der Waals surface area contributed by atoms with Crippen molar-refractivity contribution >= 4 is 23.6 Å². The van der Waals surface area contributed by atoms with Crippen molar-refractivity contribution in [3.8, 4) is 0 Å². The number of imide groups is 1. The number of carbonyl (C=O) groups excluding carboxylic acids is 4. The molecule has 0 aliphatic carbocycles. The first-order valence-corrected chi connectivity index (χ1v) is 10.6. The van der Waals surface area contributed by atoms with Crippen LogP contribution >= 0.6 is 0 Å². The van der Waals surface area contributed by atoms with E-state index in [4.69, 9.17) is 0 Å². The van der Waals surface area contributed by atoms with Crippen LogP contribution in [0, 0.1) is 0 Å². The summed E-state index contributed by atoms with van der Waals surface area (Å²) in [7, 11) is 0. The molecule has 1 fully saturated rings. The van der Waals surface area contributed by atoms with E-state index in [-0.39, 0.29) is 36.6 Å². The highest BCUT2D eigenvalue weighted by atomic mass is 16.2. The van der Waals surface area contributed by atoms with Crippen LogP contribution in [0.3, 0.4) is 0 Å². The summed E-state index contributed by atoms with van der Waals surface area (Å²) in [6, 6.07) is 16.6. The van der Waals surface area contributed by atoms with E-state index in [9.17, 15) is 19.2 Å². The van der Waals surface area contributed by atoms with Crippen molar-refractivity contribution in [1.82, 2.24) is 14.7 Å². The van der Waals surface area contributed by atoms with E-state index < -0.39 is 0 Å². The van der Waals surface area contributed by atoms with E-state index in [1.54, 1.807) is 34.1 Å². The zero-order valence-electron chi connectivity index (χ0n) is 17.3. The van der Waals surface area contributed by atoms with Crippen LogP contribution in [0.15, 0.2) is 54.6 Å². The van der Waals surface area contributed by atoms with Gasteiger partial charge >= 0.3 is 0 Å². The molecule has 2 aliphatic rings. The average Bonchev–Trinajstić information content (AvgIpc) is 3.06. The smallest absolute Gasteiger partial charge is 0.261 e. The Morgan fingerprint density at radius 1 is 0.677 bits per heavy atom. The Labute approximate surface area is 181 Å². The molecule has 160 valence electrons. The minimum atomic E-state index is -0.345. The standard InChI is InChI=1S/C24H25N3O4/c28-21(11-10-18-6-2-1-3-7-18)25-14-16-26(17-15-25)22(29)12-13-27-23(30)19-8-4-5-9-20(19)24(27)31/h1-9H,10-17H2. The molecule has 0 saturated carbocycles. The van der Waals surface area contributed by atoms with E-state index in [0.717, 1.165) is 10.5 Å². The van der Waals surface area contributed by atoms with Crippen molar-refractivity contribution in [3.63, 3.8) is 0 Å². The lowest BCUT2D eigenvalue weighted by Gasteiger charge is -2.35. The molecule has 0 N–H and O–H groups in total. The molecule has 0 spiro atoms. The van der Waals surface area contributed by atoms with Crippen molar-refractivity contribution in [1.29, 1.82) is 0 Å². The van der Waals surface area contributed by atoms with Crippen LogP contribution in [0.1, 0.15) is 39.1 Å². The molecule has 0 aromatic heterocycles. The maximum atomic E-state index is 12.6. The Hall–Kier alpha value is -3.48. The highest BCUT2D eigenvalue weighted by molar-refractivity contribution is 6.21. The minimum Gasteiger partial charge on any atom is -0.339 e. The first kappa shape index (κ1) is 20.8. The molecule has 31 heavy (non-hydrogen) atoms. The number of carbonyl (C=O) groups is 4. The third-order valence-electron chi connectivity index (χ3n) is 5.88. The zero-order valence-corrected chi connectivity index (χ0v) is 17.3. The second kappa shape index (κ2) is 9.12. The second-order valence-electron chi connectivity index (χ2n) is 7.80. The van der Waals surface area contributed by atoms with Crippen LogP contribution in [0.25, 0.3) is 0 Å². The lowest BCUT2D eigenvalue weighted by atomic mass is 10.1. The first-order chi connectivity index (χ1) is 15.0. The van der Waals surface area contributed by atoms with Gasteiger partial charge in [-0.2, -0.15) is 0 Å². The molecule has 7 heteroatoms. The highest BCUT2D eigenvalue weighted by Crippen LogP contribution is 2.22. The predicted molar refractivity (Wildman–Crippen MR) is 114 cm³/mol. The molecule has 4 amide bonds. The van der Waals surface area contributed by atoms with Gasteiger partial charge in [0.25, 0.3) is 11.8 Å². The van der Waals surface area contributed by atoms with Gasteiger partial charge in [-0.05, 0) is 24.1 Å². The molecule has 4 rings (SSSR count). The molecule has 7 nitrogen and oxygen atoms in total. The zero-order chi connectivity index (χ0) is 21.8. The highest BCUT2D eigenvalue weighted by Gasteiger charge is 2.35. The number of fused-ring (bicyclic) bond motifs is 1. The summed E-state index contributed by atoms with van der Waals surface area (Å²) >= 11 is 0. The molecule has 2 aromatic rings. The number of amides is 4. The summed E-state index contributed by atoms with van der Waals surface area (Å²) < 4.78 is 0. The van der Waals surface area contributed by atoms with Gasteiger partial charge in [-0.25, -0.2) is 0 Å². The summed E-state index contributed by atoms with van der Waals surface area (Å²) in [5.41, 5.74) is 1.92. The van der Waals surface area contributed by atoms with Crippen LogP contribution < -0.4 is 0 Å². The molecule has 0 unspecified atom stereocenters. The van der Waals surface area contributed by atoms with Crippen molar-refractivity contribution in [3.05, 3.63) is 71.3 Å². The number of nitrogens with zero attached hydrogens (tertiary/aromatic N) is 3. The number of rotatable bonds is 6. The van der Waals surface area contributed by atoms with E-state index in [1.807, 2.05) is 30.3 Å². The van der Waals surface area contributed by atoms with Crippen molar-refractivity contribution in [2.24, 2.45) is 0 Å². The van der Waals surface area contributed by atoms with E-state index in [0.29, 0.717) is 50.1 Å². The first-order valence-electron chi connectivity index (χ1n) is 10.6. The Bertz CT molecular complexity index is 962. The van der Waals surface area contributed by atoms with E-state index >= 15 is 0 Å². The van der Waals surface area contributed by atoms with Crippen LogP contribution in [-0.4, -0.2) is 71.1 Å². The molecule has 2 aromatic carbocycles. The molecule has 0 radical (unpaired) electrons. The minimum absolute atomic E-state index is 0.0708. The summed E-state index contributed by atoms with van der Waals surface area (Å²) in [6.07, 6.45) is 1.25. The lowest BCUT2D eigenvalue weighted by Crippen LogP contribution is -2.51. The fraction of sp³-hybridized carbons (Fsp3) is 0.333. The van der Waals surface area contributed by atoms with Gasteiger partial charge in [0.1, 0.15) is 0 Å². The topological polar surface area (TPSA) is 78.0 Å². The number of hydrogen-bond acceptors (Lipinski definition) is 4. The van der Waals surface area contributed by atoms with E-state index in [2.05, 4.69) is 0 Å². The van der Waals surface area contributed by atoms with Gasteiger partial charge in [0.15, 0.2) is 0 Å². The summed E-state index contributed by atoms with van der Waals surface area (Å²) in [4.78, 5) is 54.6. The summed E-state index contributed by atoms with van der Waals surface area (Å²) in [5, 5.41) is 0. The number of benzene rings is 2. The van der Waals surface area contributed by atoms with Crippen LogP contribution in [0.5, 0.6) is 0 Å². The van der Waals surface area contributed by atoms with Gasteiger partial charge in [-0.1, -0.05) is 42.5 Å².